The van der Waals surface area contributed by atoms with E-state index >= 15 is 0 Å². The van der Waals surface area contributed by atoms with E-state index in [1.807, 2.05) is 50.9 Å². The van der Waals surface area contributed by atoms with Gasteiger partial charge in [0.25, 0.3) is 11.8 Å². The highest BCUT2D eigenvalue weighted by Crippen LogP contribution is 2.21. The van der Waals surface area contributed by atoms with Crippen molar-refractivity contribution in [3.8, 4) is 5.75 Å². The maximum atomic E-state index is 12.9. The molecule has 30 heavy (non-hydrogen) atoms. The van der Waals surface area contributed by atoms with Crippen LogP contribution in [0.1, 0.15) is 37.4 Å². The molecule has 3 aromatic rings. The van der Waals surface area contributed by atoms with Crippen LogP contribution in [0.2, 0.25) is 0 Å². The van der Waals surface area contributed by atoms with Crippen molar-refractivity contribution in [1.82, 2.24) is 9.80 Å². The predicted octanol–water partition coefficient (Wildman–Crippen LogP) is 4.55. The summed E-state index contributed by atoms with van der Waals surface area (Å²) in [7, 11) is 0. The van der Waals surface area contributed by atoms with Crippen LogP contribution in [-0.2, 0) is 13.0 Å². The Balaban J connectivity index is 1.29. The highest BCUT2D eigenvalue weighted by Gasteiger charge is 2.26. The number of aryl methyl sites for hydroxylation is 1. The van der Waals surface area contributed by atoms with Crippen LogP contribution in [0.3, 0.4) is 0 Å². The average Bonchev–Trinajstić information content (AvgIpc) is 3.50. The average molecular weight is 441 g/mol. The highest BCUT2D eigenvalue weighted by atomic mass is 32.1. The SMILES string of the molecule is CCc1ccc(OCc2csc(C(=O)N3CCN(C(=O)c4cccs4)CC3)c2)cc1. The topological polar surface area (TPSA) is 49.9 Å². The molecule has 2 amide bonds. The molecule has 3 heterocycles. The monoisotopic (exact) mass is 440 g/mol. The molecule has 0 unspecified atom stereocenters. The molecular weight excluding hydrogens is 416 g/mol. The predicted molar refractivity (Wildman–Crippen MR) is 121 cm³/mol. The van der Waals surface area contributed by atoms with Crippen molar-refractivity contribution < 1.29 is 14.3 Å². The lowest BCUT2D eigenvalue weighted by molar-refractivity contribution is 0.0540. The van der Waals surface area contributed by atoms with E-state index in [0.717, 1.165) is 22.6 Å². The first-order chi connectivity index (χ1) is 14.6. The number of piperazine rings is 1. The molecule has 0 aliphatic carbocycles. The number of hydrogen-bond donors (Lipinski definition) is 0. The second kappa shape index (κ2) is 9.45. The molecule has 1 saturated heterocycles. The van der Waals surface area contributed by atoms with Crippen molar-refractivity contribution in [2.45, 2.75) is 20.0 Å². The van der Waals surface area contributed by atoms with E-state index in [-0.39, 0.29) is 11.8 Å². The van der Waals surface area contributed by atoms with Crippen molar-refractivity contribution in [1.29, 1.82) is 0 Å². The number of rotatable bonds is 6. The molecule has 7 heteroatoms. The van der Waals surface area contributed by atoms with Crippen LogP contribution in [0, 0.1) is 0 Å². The van der Waals surface area contributed by atoms with Crippen LogP contribution < -0.4 is 4.74 Å². The van der Waals surface area contributed by atoms with Gasteiger partial charge in [0, 0.05) is 31.7 Å². The lowest BCUT2D eigenvalue weighted by Crippen LogP contribution is -2.50. The molecule has 0 radical (unpaired) electrons. The van der Waals surface area contributed by atoms with E-state index in [4.69, 9.17) is 4.74 Å². The largest absolute Gasteiger partial charge is 0.489 e. The summed E-state index contributed by atoms with van der Waals surface area (Å²) in [5.41, 5.74) is 2.28. The van der Waals surface area contributed by atoms with Gasteiger partial charge in [-0.2, -0.15) is 0 Å². The lowest BCUT2D eigenvalue weighted by atomic mass is 10.2. The van der Waals surface area contributed by atoms with Crippen molar-refractivity contribution in [2.24, 2.45) is 0 Å². The van der Waals surface area contributed by atoms with Crippen molar-refractivity contribution in [3.05, 3.63) is 74.1 Å². The number of amides is 2. The van der Waals surface area contributed by atoms with Gasteiger partial charge in [-0.05, 0) is 47.0 Å². The summed E-state index contributed by atoms with van der Waals surface area (Å²) >= 11 is 2.90. The van der Waals surface area contributed by atoms with Gasteiger partial charge >= 0.3 is 0 Å². The minimum absolute atomic E-state index is 0.0294. The second-order valence-electron chi connectivity index (χ2n) is 7.17. The number of thiophene rings is 2. The van der Waals surface area contributed by atoms with E-state index in [9.17, 15) is 9.59 Å². The normalized spacial score (nSPS) is 14.0. The van der Waals surface area contributed by atoms with Crippen molar-refractivity contribution >= 4 is 34.5 Å². The van der Waals surface area contributed by atoms with E-state index in [1.54, 1.807) is 0 Å². The summed E-state index contributed by atoms with van der Waals surface area (Å²) in [4.78, 5) is 30.4. The van der Waals surface area contributed by atoms with Crippen LogP contribution in [0.5, 0.6) is 5.75 Å². The van der Waals surface area contributed by atoms with Crippen molar-refractivity contribution in [3.63, 3.8) is 0 Å². The zero-order valence-corrected chi connectivity index (χ0v) is 18.5. The lowest BCUT2D eigenvalue weighted by Gasteiger charge is -2.34. The number of nitrogens with zero attached hydrogens (tertiary/aromatic N) is 2. The minimum Gasteiger partial charge on any atom is -0.489 e. The quantitative estimate of drug-likeness (QED) is 0.565. The van der Waals surface area contributed by atoms with Gasteiger partial charge in [0.05, 0.1) is 9.75 Å². The van der Waals surface area contributed by atoms with Crippen molar-refractivity contribution in [2.75, 3.05) is 26.2 Å². The Morgan fingerprint density at radius 1 is 0.900 bits per heavy atom. The van der Waals surface area contributed by atoms with E-state index in [1.165, 1.54) is 28.2 Å². The molecule has 0 spiro atoms. The highest BCUT2D eigenvalue weighted by molar-refractivity contribution is 7.12. The Labute approximate surface area is 184 Å². The van der Waals surface area contributed by atoms with Gasteiger partial charge < -0.3 is 14.5 Å². The summed E-state index contributed by atoms with van der Waals surface area (Å²) in [5, 5.41) is 3.88. The third-order valence-corrected chi connectivity index (χ3v) is 7.01. The number of ether oxygens (including phenoxy) is 1. The molecule has 1 aromatic carbocycles. The Morgan fingerprint density at radius 2 is 1.57 bits per heavy atom. The Hall–Kier alpha value is -2.64. The zero-order valence-electron chi connectivity index (χ0n) is 16.9. The van der Waals surface area contributed by atoms with Gasteiger partial charge in [-0.3, -0.25) is 9.59 Å². The van der Waals surface area contributed by atoms with Gasteiger partial charge in [0.1, 0.15) is 12.4 Å². The Morgan fingerprint density at radius 3 is 2.17 bits per heavy atom. The Bertz CT molecular complexity index is 988. The minimum atomic E-state index is 0.0294. The summed E-state index contributed by atoms with van der Waals surface area (Å²) in [6.45, 7) is 4.82. The van der Waals surface area contributed by atoms with Crippen LogP contribution in [0.25, 0.3) is 0 Å². The number of carbonyl (C=O) groups is 2. The fraction of sp³-hybridized carbons (Fsp3) is 0.304. The maximum absolute atomic E-state index is 12.9. The summed E-state index contributed by atoms with van der Waals surface area (Å²) in [6.07, 6.45) is 1.01. The molecule has 0 N–H and O–H groups in total. The van der Waals surface area contributed by atoms with Crippen LogP contribution >= 0.6 is 22.7 Å². The molecular formula is C23H24N2O3S2. The molecule has 4 rings (SSSR count). The van der Waals surface area contributed by atoms with Crippen LogP contribution in [-0.4, -0.2) is 47.8 Å². The summed E-state index contributed by atoms with van der Waals surface area (Å²) < 4.78 is 5.84. The van der Waals surface area contributed by atoms with Crippen LogP contribution in [0.15, 0.2) is 53.2 Å². The summed E-state index contributed by atoms with van der Waals surface area (Å²) in [6, 6.07) is 13.7. The third kappa shape index (κ3) is 4.74. The molecule has 0 saturated carbocycles. The molecule has 156 valence electrons. The molecule has 2 aromatic heterocycles. The second-order valence-corrected chi connectivity index (χ2v) is 9.03. The Kier molecular flexibility index (Phi) is 6.50. The summed E-state index contributed by atoms with van der Waals surface area (Å²) in [5.74, 6) is 0.916. The van der Waals surface area contributed by atoms with Gasteiger partial charge in [-0.25, -0.2) is 0 Å². The van der Waals surface area contributed by atoms with E-state index in [2.05, 4.69) is 19.1 Å². The first-order valence-corrected chi connectivity index (χ1v) is 11.8. The fourth-order valence-electron chi connectivity index (χ4n) is 3.38. The maximum Gasteiger partial charge on any atom is 0.264 e. The molecule has 1 aliphatic heterocycles. The van der Waals surface area contributed by atoms with Gasteiger partial charge in [-0.15, -0.1) is 22.7 Å². The zero-order chi connectivity index (χ0) is 20.9. The first kappa shape index (κ1) is 20.6. The standard InChI is InChI=1S/C23H24N2O3S2/c1-2-17-5-7-19(8-6-17)28-15-18-14-21(30-16-18)23(27)25-11-9-24(10-12-25)22(26)20-4-3-13-29-20/h3-8,13-14,16H,2,9-12,15H2,1H3. The molecule has 1 fully saturated rings. The molecule has 5 nitrogen and oxygen atoms in total. The molecule has 0 bridgehead atoms. The van der Waals surface area contributed by atoms with Gasteiger partial charge in [-0.1, -0.05) is 25.1 Å². The third-order valence-electron chi connectivity index (χ3n) is 5.19. The number of carbonyl (C=O) groups excluding carboxylic acids is 2. The van der Waals surface area contributed by atoms with E-state index < -0.39 is 0 Å². The smallest absolute Gasteiger partial charge is 0.264 e. The number of hydrogen-bond acceptors (Lipinski definition) is 5. The van der Waals surface area contributed by atoms with Gasteiger partial charge in [0.2, 0.25) is 0 Å². The van der Waals surface area contributed by atoms with Crippen LogP contribution in [0.4, 0.5) is 0 Å². The first-order valence-electron chi connectivity index (χ1n) is 10.0. The molecule has 0 atom stereocenters. The number of benzene rings is 1. The fourth-order valence-corrected chi connectivity index (χ4v) is 4.93. The van der Waals surface area contributed by atoms with Gasteiger partial charge in [0.15, 0.2) is 0 Å². The molecule has 1 aliphatic rings. The van der Waals surface area contributed by atoms with E-state index in [0.29, 0.717) is 37.7 Å².